The molecule has 0 bridgehead atoms. The molecule has 1 aromatic carbocycles. The zero-order valence-electron chi connectivity index (χ0n) is 19.7. The Labute approximate surface area is 202 Å². The Kier molecular flexibility index (Phi) is 13.9. The number of carbonyl (C=O) groups is 2. The molecule has 10 heteroatoms. The van der Waals surface area contributed by atoms with Crippen molar-refractivity contribution < 1.29 is 36.8 Å². The van der Waals surface area contributed by atoms with E-state index in [2.05, 4.69) is 22.0 Å². The SMILES string of the molecule is CCCCCCCCCC[n+]1ccc(C(=O)NN=Cc2ccc(F)cc2)cc1.O=C([O-])C(F)(F)F. The number of benzene rings is 1. The largest absolute Gasteiger partial charge is 0.542 e. The van der Waals surface area contributed by atoms with Gasteiger partial charge in [-0.25, -0.2) is 14.4 Å². The first-order valence-corrected chi connectivity index (χ1v) is 11.5. The molecular weight excluding hydrogens is 466 g/mol. The molecule has 35 heavy (non-hydrogen) atoms. The number of amides is 1. The van der Waals surface area contributed by atoms with Gasteiger partial charge in [0.15, 0.2) is 12.4 Å². The van der Waals surface area contributed by atoms with E-state index in [9.17, 15) is 22.4 Å². The van der Waals surface area contributed by atoms with E-state index in [-0.39, 0.29) is 11.7 Å². The average Bonchev–Trinajstić information content (AvgIpc) is 2.82. The molecule has 0 saturated carbocycles. The number of nitrogens with zero attached hydrogens (tertiary/aromatic N) is 2. The van der Waals surface area contributed by atoms with E-state index in [1.54, 1.807) is 24.3 Å². The van der Waals surface area contributed by atoms with E-state index in [0.717, 1.165) is 18.5 Å². The summed E-state index contributed by atoms with van der Waals surface area (Å²) < 4.78 is 46.5. The second-order valence-corrected chi connectivity index (χ2v) is 7.84. The highest BCUT2D eigenvalue weighted by molar-refractivity contribution is 5.94. The Morgan fingerprint density at radius 2 is 1.46 bits per heavy atom. The lowest BCUT2D eigenvalue weighted by molar-refractivity contribution is -0.697. The van der Waals surface area contributed by atoms with Crippen molar-refractivity contribution in [3.8, 4) is 0 Å². The lowest BCUT2D eigenvalue weighted by Crippen LogP contribution is -2.37. The number of carboxylic acids is 1. The van der Waals surface area contributed by atoms with Gasteiger partial charge in [-0.2, -0.15) is 18.3 Å². The van der Waals surface area contributed by atoms with Crippen molar-refractivity contribution in [1.82, 2.24) is 5.43 Å². The number of aryl methyl sites for hydroxylation is 1. The van der Waals surface area contributed by atoms with Crippen LogP contribution in [0.5, 0.6) is 0 Å². The molecule has 0 spiro atoms. The van der Waals surface area contributed by atoms with Crippen molar-refractivity contribution in [2.45, 2.75) is 71.0 Å². The summed E-state index contributed by atoms with van der Waals surface area (Å²) in [5, 5.41) is 12.7. The molecule has 6 nitrogen and oxygen atoms in total. The third-order valence-electron chi connectivity index (χ3n) is 4.90. The number of aliphatic carboxylic acids is 1. The second kappa shape index (κ2) is 16.3. The third-order valence-corrected chi connectivity index (χ3v) is 4.90. The fraction of sp³-hybridized carbons (Fsp3) is 0.440. The van der Waals surface area contributed by atoms with Gasteiger partial charge >= 0.3 is 6.18 Å². The molecule has 0 fully saturated rings. The first-order valence-electron chi connectivity index (χ1n) is 11.5. The minimum absolute atomic E-state index is 0.266. The number of carbonyl (C=O) groups excluding carboxylic acids is 2. The van der Waals surface area contributed by atoms with Crippen LogP contribution in [-0.2, 0) is 11.3 Å². The van der Waals surface area contributed by atoms with Crippen molar-refractivity contribution in [2.75, 3.05) is 0 Å². The summed E-state index contributed by atoms with van der Waals surface area (Å²) in [5.41, 5.74) is 3.77. The molecule has 0 aliphatic heterocycles. The number of carboxylic acid groups (broad SMARTS) is 1. The topological polar surface area (TPSA) is 85.5 Å². The number of hydrogen-bond donors (Lipinski definition) is 1. The van der Waals surface area contributed by atoms with Gasteiger partial charge in [-0.15, -0.1) is 0 Å². The first-order chi connectivity index (χ1) is 16.6. The summed E-state index contributed by atoms with van der Waals surface area (Å²) in [6.45, 7) is 3.22. The molecule has 0 aliphatic rings. The van der Waals surface area contributed by atoms with E-state index in [0.29, 0.717) is 5.56 Å². The van der Waals surface area contributed by atoms with Gasteiger partial charge < -0.3 is 9.90 Å². The van der Waals surface area contributed by atoms with Crippen molar-refractivity contribution in [3.05, 3.63) is 65.7 Å². The molecule has 2 rings (SSSR count). The number of halogens is 4. The highest BCUT2D eigenvalue weighted by atomic mass is 19.4. The van der Waals surface area contributed by atoms with Gasteiger partial charge in [-0.3, -0.25) is 4.79 Å². The van der Waals surface area contributed by atoms with Crippen LogP contribution in [0.4, 0.5) is 17.6 Å². The molecule has 1 amide bonds. The Morgan fingerprint density at radius 1 is 0.943 bits per heavy atom. The van der Waals surface area contributed by atoms with Crippen LogP contribution in [0.3, 0.4) is 0 Å². The number of alkyl halides is 3. The highest BCUT2D eigenvalue weighted by Crippen LogP contribution is 2.11. The van der Waals surface area contributed by atoms with Crippen LogP contribution in [0.1, 0.15) is 74.2 Å². The fourth-order valence-corrected chi connectivity index (χ4v) is 2.96. The monoisotopic (exact) mass is 497 g/mol. The zero-order chi connectivity index (χ0) is 26.1. The Bertz CT molecular complexity index is 915. The maximum atomic E-state index is 12.8. The van der Waals surface area contributed by atoms with Crippen LogP contribution in [-0.4, -0.2) is 24.3 Å². The van der Waals surface area contributed by atoms with Gasteiger partial charge in [0.1, 0.15) is 18.3 Å². The number of rotatable bonds is 12. The molecule has 1 aromatic heterocycles. The summed E-state index contributed by atoms with van der Waals surface area (Å²) >= 11 is 0. The van der Waals surface area contributed by atoms with Crippen LogP contribution in [0.25, 0.3) is 0 Å². The minimum Gasteiger partial charge on any atom is -0.542 e. The Hall–Kier alpha value is -3.30. The molecule has 1 N–H and O–H groups in total. The lowest BCUT2D eigenvalue weighted by Gasteiger charge is -2.03. The number of aromatic nitrogens is 1. The van der Waals surface area contributed by atoms with Crippen LogP contribution >= 0.6 is 0 Å². The summed E-state index contributed by atoms with van der Waals surface area (Å²) in [5.74, 6) is -3.57. The Balaban J connectivity index is 0.000000762. The summed E-state index contributed by atoms with van der Waals surface area (Å²) in [6.07, 6.45) is 10.6. The smallest absolute Gasteiger partial charge is 0.430 e. The van der Waals surface area contributed by atoms with Crippen molar-refractivity contribution >= 4 is 18.1 Å². The van der Waals surface area contributed by atoms with Crippen molar-refractivity contribution in [2.24, 2.45) is 5.10 Å². The van der Waals surface area contributed by atoms with Crippen LogP contribution < -0.4 is 15.1 Å². The average molecular weight is 498 g/mol. The van der Waals surface area contributed by atoms with E-state index in [1.165, 1.54) is 63.3 Å². The number of pyridine rings is 1. The van der Waals surface area contributed by atoms with Gasteiger partial charge in [-0.1, -0.05) is 57.6 Å². The molecule has 0 atom stereocenters. The molecule has 192 valence electrons. The summed E-state index contributed by atoms with van der Waals surface area (Å²) in [7, 11) is 0. The van der Waals surface area contributed by atoms with Gasteiger partial charge in [0.25, 0.3) is 5.91 Å². The number of nitrogens with one attached hydrogen (secondary N) is 1. The predicted molar refractivity (Wildman–Crippen MR) is 122 cm³/mol. The molecule has 1 heterocycles. The summed E-state index contributed by atoms with van der Waals surface area (Å²) in [6, 6.07) is 9.50. The number of hydrogen-bond acceptors (Lipinski definition) is 4. The normalized spacial score (nSPS) is 11.1. The van der Waals surface area contributed by atoms with E-state index < -0.39 is 12.1 Å². The summed E-state index contributed by atoms with van der Waals surface area (Å²) in [4.78, 5) is 20.9. The lowest BCUT2D eigenvalue weighted by atomic mass is 10.1. The maximum Gasteiger partial charge on any atom is 0.430 e. The van der Waals surface area contributed by atoms with Gasteiger partial charge in [0.2, 0.25) is 0 Å². The highest BCUT2D eigenvalue weighted by Gasteiger charge is 2.28. The van der Waals surface area contributed by atoms with E-state index in [1.807, 2.05) is 12.4 Å². The maximum absolute atomic E-state index is 12.8. The molecule has 0 radical (unpaired) electrons. The van der Waals surface area contributed by atoms with Crippen molar-refractivity contribution in [1.29, 1.82) is 0 Å². The quantitative estimate of drug-likeness (QED) is 0.156. The van der Waals surface area contributed by atoms with Crippen LogP contribution in [0.15, 0.2) is 53.9 Å². The van der Waals surface area contributed by atoms with Crippen LogP contribution in [0, 0.1) is 5.82 Å². The second-order valence-electron chi connectivity index (χ2n) is 7.84. The van der Waals surface area contributed by atoms with Crippen LogP contribution in [0.2, 0.25) is 0 Å². The zero-order valence-corrected chi connectivity index (χ0v) is 19.7. The molecule has 0 saturated heterocycles. The van der Waals surface area contributed by atoms with Gasteiger partial charge in [0, 0.05) is 18.6 Å². The molecule has 0 unspecified atom stereocenters. The third kappa shape index (κ3) is 13.9. The van der Waals surface area contributed by atoms with Gasteiger partial charge in [-0.05, 0) is 24.1 Å². The first kappa shape index (κ1) is 29.7. The Morgan fingerprint density at radius 3 is 1.97 bits per heavy atom. The van der Waals surface area contributed by atoms with Crippen molar-refractivity contribution in [3.63, 3.8) is 0 Å². The van der Waals surface area contributed by atoms with E-state index >= 15 is 0 Å². The van der Waals surface area contributed by atoms with Gasteiger partial charge in [0.05, 0.1) is 11.8 Å². The standard InChI is InChI=1S/C23H30FN3O.C2HF3O2/c1-2-3-4-5-6-7-8-9-16-27-17-14-21(15-18-27)23(28)26-25-19-20-10-12-22(24)13-11-20;3-2(4,5)1(6)7/h10-15,17-19H,2-9,16H2,1H3;(H,6,7). The fourth-order valence-electron chi connectivity index (χ4n) is 2.96. The molecule has 2 aromatic rings. The molecule has 0 aliphatic carbocycles. The molecular formula is C25H31F4N3O3. The minimum atomic E-state index is -5.19. The number of unbranched alkanes of at least 4 members (excludes halogenated alkanes) is 7. The predicted octanol–water partition coefficient (Wildman–Crippen LogP) is 4.32. The number of hydrazone groups is 1. The van der Waals surface area contributed by atoms with E-state index in [4.69, 9.17) is 9.90 Å².